The fourth-order valence-corrected chi connectivity index (χ4v) is 3.04. The quantitative estimate of drug-likeness (QED) is 0.487. The van der Waals surface area contributed by atoms with Gasteiger partial charge in [0.05, 0.1) is 19.3 Å². The molecule has 5 atom stereocenters. The first-order valence-corrected chi connectivity index (χ1v) is 7.86. The Morgan fingerprint density at radius 2 is 2.08 bits per heavy atom. The van der Waals surface area contributed by atoms with Crippen LogP contribution in [-0.2, 0) is 25.6 Å². The van der Waals surface area contributed by atoms with Crippen molar-refractivity contribution in [2.45, 2.75) is 56.9 Å². The lowest BCUT2D eigenvalue weighted by Crippen LogP contribution is -2.43. The highest BCUT2D eigenvalue weighted by atomic mass is 16.8. The molecule has 2 aliphatic heterocycles. The lowest BCUT2D eigenvalue weighted by Gasteiger charge is -2.28. The molecule has 24 heavy (non-hydrogen) atoms. The first kappa shape index (κ1) is 17.2. The highest BCUT2D eigenvalue weighted by molar-refractivity contribution is 5.13. The van der Waals surface area contributed by atoms with Crippen molar-refractivity contribution in [3.05, 3.63) is 46.3 Å². The molecule has 1 N–H and O–H groups in total. The zero-order valence-corrected chi connectivity index (χ0v) is 13.6. The molecule has 2 heterocycles. The van der Waals surface area contributed by atoms with Crippen LogP contribution in [0.3, 0.4) is 0 Å². The molecule has 130 valence electrons. The molecule has 0 radical (unpaired) electrons. The second kappa shape index (κ2) is 7.06. The van der Waals surface area contributed by atoms with Gasteiger partial charge in [0.15, 0.2) is 12.1 Å². The van der Waals surface area contributed by atoms with Crippen molar-refractivity contribution in [2.75, 3.05) is 6.61 Å². The SMILES string of the molecule is CC1(C)OC2C(OCc3ccccc3)[C@@H](C(CO)N=[N+]=[N-])O[C@@H]2O1. The Morgan fingerprint density at radius 3 is 2.75 bits per heavy atom. The summed E-state index contributed by atoms with van der Waals surface area (Å²) in [5.41, 5.74) is 9.70. The Morgan fingerprint density at radius 1 is 1.33 bits per heavy atom. The topological polar surface area (TPSA) is 106 Å². The second-order valence-corrected chi connectivity index (χ2v) is 6.29. The van der Waals surface area contributed by atoms with Crippen molar-refractivity contribution >= 4 is 0 Å². The molecular formula is C16H21N3O5. The molecular weight excluding hydrogens is 314 g/mol. The minimum atomic E-state index is -0.776. The Hall–Kier alpha value is -1.67. The minimum absolute atomic E-state index is 0.344. The van der Waals surface area contributed by atoms with Crippen LogP contribution < -0.4 is 0 Å². The molecule has 0 amide bonds. The fourth-order valence-electron chi connectivity index (χ4n) is 3.04. The van der Waals surface area contributed by atoms with Gasteiger partial charge in [-0.3, -0.25) is 0 Å². The zero-order valence-electron chi connectivity index (χ0n) is 13.6. The first-order chi connectivity index (χ1) is 11.5. The number of aliphatic hydroxyl groups is 1. The molecule has 0 aromatic heterocycles. The molecule has 8 nitrogen and oxygen atoms in total. The van der Waals surface area contributed by atoms with Crippen molar-refractivity contribution in [2.24, 2.45) is 5.11 Å². The molecule has 1 aromatic carbocycles. The molecule has 0 aliphatic carbocycles. The molecule has 1 aromatic rings. The van der Waals surface area contributed by atoms with Crippen LogP contribution in [0.5, 0.6) is 0 Å². The van der Waals surface area contributed by atoms with Gasteiger partial charge < -0.3 is 24.1 Å². The van der Waals surface area contributed by atoms with Crippen LogP contribution in [0.4, 0.5) is 0 Å². The summed E-state index contributed by atoms with van der Waals surface area (Å²) in [4.78, 5) is 2.77. The molecule has 8 heteroatoms. The van der Waals surface area contributed by atoms with Gasteiger partial charge in [-0.05, 0) is 24.9 Å². The average Bonchev–Trinajstić information content (AvgIpc) is 3.03. The lowest BCUT2D eigenvalue weighted by atomic mass is 10.0. The summed E-state index contributed by atoms with van der Waals surface area (Å²) in [6, 6.07) is 8.93. The third kappa shape index (κ3) is 3.54. The Labute approximate surface area is 139 Å². The van der Waals surface area contributed by atoms with Gasteiger partial charge in [-0.1, -0.05) is 35.4 Å². The smallest absolute Gasteiger partial charge is 0.190 e. The van der Waals surface area contributed by atoms with Gasteiger partial charge in [0, 0.05) is 4.91 Å². The third-order valence-corrected chi connectivity index (χ3v) is 4.08. The summed E-state index contributed by atoms with van der Waals surface area (Å²) >= 11 is 0. The van der Waals surface area contributed by atoms with E-state index in [1.54, 1.807) is 13.8 Å². The predicted octanol–water partition coefficient (Wildman–Crippen LogP) is 2.12. The van der Waals surface area contributed by atoms with E-state index in [1.165, 1.54) is 0 Å². The molecule has 0 spiro atoms. The van der Waals surface area contributed by atoms with Gasteiger partial charge in [-0.25, -0.2) is 0 Å². The highest BCUT2D eigenvalue weighted by Crippen LogP contribution is 2.40. The van der Waals surface area contributed by atoms with Gasteiger partial charge in [0.25, 0.3) is 0 Å². The number of hydrogen-bond acceptors (Lipinski definition) is 6. The maximum Gasteiger partial charge on any atom is 0.190 e. The monoisotopic (exact) mass is 335 g/mol. The average molecular weight is 335 g/mol. The number of aliphatic hydroxyl groups excluding tert-OH is 1. The molecule has 0 saturated carbocycles. The van der Waals surface area contributed by atoms with Crippen LogP contribution in [0.1, 0.15) is 19.4 Å². The van der Waals surface area contributed by atoms with E-state index in [4.69, 9.17) is 24.5 Å². The van der Waals surface area contributed by atoms with E-state index < -0.39 is 36.4 Å². The molecule has 0 bridgehead atoms. The van der Waals surface area contributed by atoms with Crippen LogP contribution >= 0.6 is 0 Å². The van der Waals surface area contributed by atoms with Gasteiger partial charge >= 0.3 is 0 Å². The minimum Gasteiger partial charge on any atom is -0.396 e. The van der Waals surface area contributed by atoms with Gasteiger partial charge in [0.2, 0.25) is 0 Å². The number of ether oxygens (including phenoxy) is 4. The largest absolute Gasteiger partial charge is 0.396 e. The number of fused-ring (bicyclic) bond motifs is 1. The number of rotatable bonds is 6. The van der Waals surface area contributed by atoms with Gasteiger partial charge in [0.1, 0.15) is 18.3 Å². The lowest BCUT2D eigenvalue weighted by molar-refractivity contribution is -0.222. The summed E-state index contributed by atoms with van der Waals surface area (Å²) in [5, 5.41) is 13.1. The van der Waals surface area contributed by atoms with E-state index in [2.05, 4.69) is 10.0 Å². The van der Waals surface area contributed by atoms with Crippen molar-refractivity contribution < 1.29 is 24.1 Å². The Kier molecular flexibility index (Phi) is 5.05. The summed E-state index contributed by atoms with van der Waals surface area (Å²) in [6.45, 7) is 3.61. The van der Waals surface area contributed by atoms with Crippen molar-refractivity contribution in [3.8, 4) is 0 Å². The normalized spacial score (nSPS) is 32.1. The van der Waals surface area contributed by atoms with Crippen LogP contribution in [0.2, 0.25) is 0 Å². The molecule has 2 saturated heterocycles. The van der Waals surface area contributed by atoms with Crippen molar-refractivity contribution in [1.82, 2.24) is 0 Å². The number of hydrogen-bond donors (Lipinski definition) is 1. The maximum absolute atomic E-state index is 9.50. The Balaban J connectivity index is 1.77. The van der Waals surface area contributed by atoms with E-state index in [0.29, 0.717) is 6.61 Å². The highest BCUT2D eigenvalue weighted by Gasteiger charge is 2.56. The molecule has 2 aliphatic rings. The Bertz CT molecular complexity index is 605. The van der Waals surface area contributed by atoms with Crippen molar-refractivity contribution in [1.29, 1.82) is 0 Å². The number of benzene rings is 1. The van der Waals surface area contributed by atoms with E-state index >= 15 is 0 Å². The fraction of sp³-hybridized carbons (Fsp3) is 0.625. The van der Waals surface area contributed by atoms with E-state index in [0.717, 1.165) is 5.56 Å². The summed E-state index contributed by atoms with van der Waals surface area (Å²) < 4.78 is 23.4. The summed E-state index contributed by atoms with van der Waals surface area (Å²) in [5.74, 6) is -0.776. The molecule has 3 unspecified atom stereocenters. The maximum atomic E-state index is 9.50. The van der Waals surface area contributed by atoms with Crippen LogP contribution in [0.25, 0.3) is 10.4 Å². The van der Waals surface area contributed by atoms with Gasteiger partial charge in [-0.2, -0.15) is 0 Å². The third-order valence-electron chi connectivity index (χ3n) is 4.08. The predicted molar refractivity (Wildman–Crippen MR) is 83.7 cm³/mol. The van der Waals surface area contributed by atoms with E-state index in [-0.39, 0.29) is 6.61 Å². The molecule has 3 rings (SSSR count). The number of nitrogens with zero attached hydrogens (tertiary/aromatic N) is 3. The van der Waals surface area contributed by atoms with Crippen LogP contribution in [0, 0.1) is 0 Å². The van der Waals surface area contributed by atoms with Crippen molar-refractivity contribution in [3.63, 3.8) is 0 Å². The second-order valence-electron chi connectivity index (χ2n) is 6.29. The summed E-state index contributed by atoms with van der Waals surface area (Å²) in [7, 11) is 0. The van der Waals surface area contributed by atoms with Gasteiger partial charge in [-0.15, -0.1) is 0 Å². The first-order valence-electron chi connectivity index (χ1n) is 7.86. The van der Waals surface area contributed by atoms with Crippen LogP contribution in [0.15, 0.2) is 35.4 Å². The van der Waals surface area contributed by atoms with E-state index in [9.17, 15) is 5.11 Å². The molecule has 2 fully saturated rings. The zero-order chi connectivity index (χ0) is 17.2. The van der Waals surface area contributed by atoms with E-state index in [1.807, 2.05) is 30.3 Å². The number of azide groups is 1. The summed E-state index contributed by atoms with van der Waals surface area (Å²) in [6.07, 6.45) is -2.22. The standard InChI is InChI=1S/C16H21N3O5/c1-16(2)23-14-13(21-9-10-6-4-3-5-7-10)12(22-15(14)24-16)11(8-20)18-19-17/h3-7,11-15,20H,8-9H2,1-2H3/t11?,12-,13?,14?,15-/m1/s1. The van der Waals surface area contributed by atoms with Crippen LogP contribution in [-0.4, -0.2) is 48.1 Å².